The minimum atomic E-state index is -0.340. The van der Waals surface area contributed by atoms with Crippen LogP contribution in [0.4, 0.5) is 4.79 Å². The third kappa shape index (κ3) is 2.70. The van der Waals surface area contributed by atoms with Crippen molar-refractivity contribution in [3.63, 3.8) is 0 Å². The molecule has 12 heavy (non-hydrogen) atoms. The van der Waals surface area contributed by atoms with Gasteiger partial charge in [0, 0.05) is 19.6 Å². The topological polar surface area (TPSA) is 58.4 Å². The lowest BCUT2D eigenvalue weighted by molar-refractivity contribution is 0.216. The number of nitrogens with one attached hydrogen (secondary N) is 1. The van der Waals surface area contributed by atoms with Crippen molar-refractivity contribution in [1.29, 1.82) is 0 Å². The molecule has 0 bridgehead atoms. The molecule has 0 aromatic rings. The van der Waals surface area contributed by atoms with Crippen molar-refractivity contribution < 1.29 is 4.79 Å². The molecule has 1 atom stereocenters. The minimum Gasteiger partial charge on any atom is -0.351 e. The quantitative estimate of drug-likeness (QED) is 0.634. The fraction of sp³-hybridized carbons (Fsp3) is 0.875. The van der Waals surface area contributed by atoms with Crippen LogP contribution in [0.3, 0.4) is 0 Å². The molecule has 1 rings (SSSR count). The molecule has 1 fully saturated rings. The molecule has 1 heterocycles. The molecule has 0 aliphatic carbocycles. The largest absolute Gasteiger partial charge is 0.351 e. The minimum absolute atomic E-state index is 0.340. The van der Waals surface area contributed by atoms with E-state index in [2.05, 4.69) is 5.32 Å². The van der Waals surface area contributed by atoms with E-state index in [1.165, 1.54) is 12.8 Å². The Hall–Kier alpha value is -0.770. The van der Waals surface area contributed by atoms with Gasteiger partial charge in [-0.2, -0.15) is 0 Å². The summed E-state index contributed by atoms with van der Waals surface area (Å²) in [6, 6.07) is 0.250. The molecule has 0 aromatic heterocycles. The molecule has 4 heteroatoms. The summed E-state index contributed by atoms with van der Waals surface area (Å²) in [5.74, 6) is 0. The summed E-state index contributed by atoms with van der Waals surface area (Å²) in [7, 11) is 1.73. The lowest BCUT2D eigenvalue weighted by atomic mass is 10.1. The predicted octanol–water partition coefficient (Wildman–Crippen LogP) is 0.139. The molecule has 2 amide bonds. The van der Waals surface area contributed by atoms with E-state index in [-0.39, 0.29) is 6.03 Å². The van der Waals surface area contributed by atoms with E-state index in [1.807, 2.05) is 0 Å². The van der Waals surface area contributed by atoms with Crippen molar-refractivity contribution in [2.75, 3.05) is 20.1 Å². The molecular formula is C8H17N3O. The maximum Gasteiger partial charge on any atom is 0.314 e. The zero-order valence-electron chi connectivity index (χ0n) is 7.55. The number of primary amides is 1. The highest BCUT2D eigenvalue weighted by Crippen LogP contribution is 2.08. The van der Waals surface area contributed by atoms with Gasteiger partial charge >= 0.3 is 6.03 Å². The number of hydrogen-bond acceptors (Lipinski definition) is 2. The van der Waals surface area contributed by atoms with Crippen LogP contribution in [-0.4, -0.2) is 37.1 Å². The highest BCUT2D eigenvalue weighted by Gasteiger charge is 2.14. The first-order valence-corrected chi connectivity index (χ1v) is 4.44. The van der Waals surface area contributed by atoms with Crippen molar-refractivity contribution in [2.45, 2.75) is 25.3 Å². The van der Waals surface area contributed by atoms with Crippen LogP contribution in [0.2, 0.25) is 0 Å². The maximum absolute atomic E-state index is 10.6. The summed E-state index contributed by atoms with van der Waals surface area (Å²) in [4.78, 5) is 12.2. The van der Waals surface area contributed by atoms with E-state index < -0.39 is 0 Å². The van der Waals surface area contributed by atoms with Gasteiger partial charge in [-0.1, -0.05) is 0 Å². The van der Waals surface area contributed by atoms with Crippen molar-refractivity contribution in [2.24, 2.45) is 5.73 Å². The number of nitrogens with two attached hydrogens (primary N) is 1. The van der Waals surface area contributed by atoms with Gasteiger partial charge in [0.2, 0.25) is 0 Å². The van der Waals surface area contributed by atoms with E-state index >= 15 is 0 Å². The molecular weight excluding hydrogens is 154 g/mol. The molecule has 1 aliphatic rings. The Balaban J connectivity index is 2.11. The van der Waals surface area contributed by atoms with Gasteiger partial charge in [0.25, 0.3) is 0 Å². The highest BCUT2D eigenvalue weighted by molar-refractivity contribution is 5.71. The first kappa shape index (κ1) is 9.32. The Morgan fingerprint density at radius 1 is 1.75 bits per heavy atom. The Bertz CT molecular complexity index is 154. The maximum atomic E-state index is 10.6. The molecule has 3 N–H and O–H groups in total. The number of hydrogen-bond donors (Lipinski definition) is 2. The lowest BCUT2D eigenvalue weighted by Crippen LogP contribution is -2.35. The second-order valence-corrected chi connectivity index (χ2v) is 3.34. The van der Waals surface area contributed by atoms with Crippen LogP contribution in [-0.2, 0) is 0 Å². The van der Waals surface area contributed by atoms with E-state index in [0.717, 1.165) is 19.5 Å². The molecule has 1 unspecified atom stereocenters. The van der Waals surface area contributed by atoms with Crippen LogP contribution < -0.4 is 11.1 Å². The Morgan fingerprint density at radius 2 is 2.50 bits per heavy atom. The smallest absolute Gasteiger partial charge is 0.314 e. The van der Waals surface area contributed by atoms with Gasteiger partial charge in [0.15, 0.2) is 0 Å². The van der Waals surface area contributed by atoms with Crippen molar-refractivity contribution >= 4 is 6.03 Å². The van der Waals surface area contributed by atoms with Gasteiger partial charge in [-0.15, -0.1) is 0 Å². The average molecular weight is 171 g/mol. The predicted molar refractivity (Wildman–Crippen MR) is 47.9 cm³/mol. The van der Waals surface area contributed by atoms with Crippen molar-refractivity contribution in [3.05, 3.63) is 0 Å². The molecule has 4 nitrogen and oxygen atoms in total. The number of urea groups is 1. The normalized spacial score (nSPS) is 22.6. The summed E-state index contributed by atoms with van der Waals surface area (Å²) >= 11 is 0. The first-order chi connectivity index (χ1) is 5.70. The van der Waals surface area contributed by atoms with Crippen LogP contribution in [0.15, 0.2) is 0 Å². The van der Waals surface area contributed by atoms with E-state index in [1.54, 1.807) is 11.9 Å². The van der Waals surface area contributed by atoms with E-state index in [9.17, 15) is 4.79 Å². The molecule has 0 aromatic carbocycles. The zero-order chi connectivity index (χ0) is 8.97. The van der Waals surface area contributed by atoms with Gasteiger partial charge in [0.05, 0.1) is 0 Å². The molecule has 0 spiro atoms. The fourth-order valence-electron chi connectivity index (χ4n) is 1.46. The van der Waals surface area contributed by atoms with Crippen LogP contribution in [0.25, 0.3) is 0 Å². The first-order valence-electron chi connectivity index (χ1n) is 4.44. The standard InChI is InChI=1S/C8H17N3O/c1-11(8(9)12)6-4-7-3-2-5-10-7/h7,10H,2-6H2,1H3,(H2,9,12). The Labute approximate surface area is 73.1 Å². The highest BCUT2D eigenvalue weighted by atomic mass is 16.2. The fourth-order valence-corrected chi connectivity index (χ4v) is 1.46. The Morgan fingerprint density at radius 3 is 3.00 bits per heavy atom. The molecule has 0 saturated carbocycles. The summed E-state index contributed by atoms with van der Waals surface area (Å²) in [6.45, 7) is 1.87. The van der Waals surface area contributed by atoms with E-state index in [4.69, 9.17) is 5.73 Å². The molecule has 70 valence electrons. The Kier molecular flexibility index (Phi) is 3.34. The van der Waals surface area contributed by atoms with Crippen LogP contribution in [0.5, 0.6) is 0 Å². The van der Waals surface area contributed by atoms with Gasteiger partial charge in [-0.05, 0) is 25.8 Å². The van der Waals surface area contributed by atoms with E-state index in [0.29, 0.717) is 6.04 Å². The molecule has 0 radical (unpaired) electrons. The monoisotopic (exact) mass is 171 g/mol. The zero-order valence-corrected chi connectivity index (χ0v) is 7.55. The summed E-state index contributed by atoms with van der Waals surface area (Å²) < 4.78 is 0. The third-order valence-corrected chi connectivity index (χ3v) is 2.35. The van der Waals surface area contributed by atoms with Crippen LogP contribution in [0, 0.1) is 0 Å². The summed E-state index contributed by atoms with van der Waals surface area (Å²) in [5.41, 5.74) is 5.09. The van der Waals surface area contributed by atoms with Gasteiger partial charge in [-0.25, -0.2) is 4.79 Å². The number of carbonyl (C=O) groups is 1. The number of rotatable bonds is 3. The van der Waals surface area contributed by atoms with Crippen LogP contribution >= 0.6 is 0 Å². The molecule has 1 aliphatic heterocycles. The average Bonchev–Trinajstić information content (AvgIpc) is 2.51. The lowest BCUT2D eigenvalue weighted by Gasteiger charge is -2.16. The molecule has 1 saturated heterocycles. The van der Waals surface area contributed by atoms with Gasteiger partial charge < -0.3 is 16.0 Å². The number of nitrogens with zero attached hydrogens (tertiary/aromatic N) is 1. The second kappa shape index (κ2) is 4.30. The summed E-state index contributed by atoms with van der Waals surface area (Å²) in [5, 5.41) is 3.37. The SMILES string of the molecule is CN(CCC1CCCN1)C(N)=O. The number of amides is 2. The van der Waals surface area contributed by atoms with Crippen molar-refractivity contribution in [1.82, 2.24) is 10.2 Å². The second-order valence-electron chi connectivity index (χ2n) is 3.34. The third-order valence-electron chi connectivity index (χ3n) is 2.35. The summed E-state index contributed by atoms with van der Waals surface area (Å²) in [6.07, 6.45) is 3.50. The van der Waals surface area contributed by atoms with Crippen LogP contribution in [0.1, 0.15) is 19.3 Å². The number of carbonyl (C=O) groups excluding carboxylic acids is 1. The van der Waals surface area contributed by atoms with Crippen molar-refractivity contribution in [3.8, 4) is 0 Å². The van der Waals surface area contributed by atoms with Gasteiger partial charge in [-0.3, -0.25) is 0 Å². The van der Waals surface area contributed by atoms with Gasteiger partial charge in [0.1, 0.15) is 0 Å².